The van der Waals surface area contributed by atoms with Crippen LogP contribution in [-0.4, -0.2) is 52.2 Å². The van der Waals surface area contributed by atoms with Gasteiger partial charge in [-0.25, -0.2) is 4.79 Å². The first-order valence-electron chi connectivity index (χ1n) is 15.7. The van der Waals surface area contributed by atoms with Gasteiger partial charge in [0.05, 0.1) is 12.5 Å². The number of nitrogens with one attached hydrogen (secondary N) is 4. The molecule has 1 aromatic heterocycles. The minimum atomic E-state index is -1.40. The Morgan fingerprint density at radius 3 is 2.42 bits per heavy atom. The first-order chi connectivity index (χ1) is 21.3. The summed E-state index contributed by atoms with van der Waals surface area (Å²) in [5.41, 5.74) is 1.06. The number of carboxylic acid groups (broad SMARTS) is 1. The molecule has 2 bridgehead atoms. The quantitative estimate of drug-likeness (QED) is 0.188. The van der Waals surface area contributed by atoms with Crippen LogP contribution in [0, 0.1) is 16.7 Å². The van der Waals surface area contributed by atoms with E-state index in [0.29, 0.717) is 5.92 Å². The smallest absolute Gasteiger partial charge is 0.408 e. The molecule has 45 heavy (non-hydrogen) atoms. The largest absolute Gasteiger partial charge is 0.481 e. The van der Waals surface area contributed by atoms with Gasteiger partial charge >= 0.3 is 12.1 Å². The fourth-order valence-electron chi connectivity index (χ4n) is 7.35. The van der Waals surface area contributed by atoms with Crippen molar-refractivity contribution in [3.05, 3.63) is 71.9 Å². The molecule has 10 heteroatoms. The van der Waals surface area contributed by atoms with Gasteiger partial charge in [0.1, 0.15) is 11.6 Å². The Labute approximate surface area is 263 Å². The fraction of sp³-hybridized carbons (Fsp3) is 0.486. The number of carboxylic acids is 1. The number of benzene rings is 2. The van der Waals surface area contributed by atoms with E-state index in [1.165, 1.54) is 0 Å². The lowest BCUT2D eigenvalue weighted by molar-refractivity contribution is -0.138. The average molecular weight is 617 g/mol. The van der Waals surface area contributed by atoms with Crippen molar-refractivity contribution in [2.24, 2.45) is 16.7 Å². The van der Waals surface area contributed by atoms with Crippen LogP contribution < -0.4 is 16.0 Å². The Morgan fingerprint density at radius 1 is 1.04 bits per heavy atom. The van der Waals surface area contributed by atoms with Crippen molar-refractivity contribution >= 4 is 34.8 Å². The van der Waals surface area contributed by atoms with Crippen LogP contribution in [0.2, 0.25) is 0 Å². The van der Waals surface area contributed by atoms with Crippen molar-refractivity contribution in [2.75, 3.05) is 6.54 Å². The van der Waals surface area contributed by atoms with Gasteiger partial charge in [-0.1, -0.05) is 69.3 Å². The molecule has 5 atom stereocenters. The highest BCUT2D eigenvalue weighted by atomic mass is 16.6. The lowest BCUT2D eigenvalue weighted by Gasteiger charge is -2.39. The van der Waals surface area contributed by atoms with Gasteiger partial charge in [0.25, 0.3) is 0 Å². The Morgan fingerprint density at radius 2 is 1.76 bits per heavy atom. The van der Waals surface area contributed by atoms with E-state index in [0.717, 1.165) is 41.3 Å². The van der Waals surface area contributed by atoms with Crippen LogP contribution in [0.3, 0.4) is 0 Å². The second-order valence-corrected chi connectivity index (χ2v) is 13.6. The highest BCUT2D eigenvalue weighted by Gasteiger charge is 2.63. The maximum atomic E-state index is 14.0. The molecule has 3 aromatic rings. The number of alkyl carbamates (subject to hydrolysis) is 1. The number of carbonyl (C=O) groups is 4. The van der Waals surface area contributed by atoms with Gasteiger partial charge in [0, 0.05) is 41.9 Å². The molecule has 2 aliphatic rings. The average Bonchev–Trinajstić information content (AvgIpc) is 3.57. The molecule has 0 saturated heterocycles. The van der Waals surface area contributed by atoms with Crippen LogP contribution >= 0.6 is 0 Å². The van der Waals surface area contributed by atoms with Crippen LogP contribution in [0.4, 0.5) is 4.79 Å². The van der Waals surface area contributed by atoms with Crippen molar-refractivity contribution in [3.8, 4) is 0 Å². The fourth-order valence-corrected chi connectivity index (χ4v) is 7.35. The molecule has 5 rings (SSSR count). The first-order valence-corrected chi connectivity index (χ1v) is 15.7. The standard InChI is InChI=1S/C35H44N4O6/c1-33(2)24-16-17-34(33,3)28(18-24)45-32(44)39-35(4,19-23-20-36-26-13-9-8-12-25(23)26)31(43)37-21-27(22-10-6-5-7-11-22)38-29(40)14-15-30(41)42/h5-13,20,24,27-28,36H,14-19,21H2,1-4H3,(H,37,43)(H,38,40)(H,39,44)(H,41,42)/t24?,27-,28-,34?,35+/m0/s1. The summed E-state index contributed by atoms with van der Waals surface area (Å²) >= 11 is 0. The van der Waals surface area contributed by atoms with E-state index in [4.69, 9.17) is 9.84 Å². The second-order valence-electron chi connectivity index (χ2n) is 13.6. The number of amides is 3. The summed E-state index contributed by atoms with van der Waals surface area (Å²) in [6, 6.07) is 16.3. The number of ether oxygens (including phenoxy) is 1. The highest BCUT2D eigenvalue weighted by Crippen LogP contribution is 2.66. The van der Waals surface area contributed by atoms with E-state index in [9.17, 15) is 19.2 Å². The molecule has 0 spiro atoms. The van der Waals surface area contributed by atoms with Crippen LogP contribution in [-0.2, 0) is 25.5 Å². The number of hydrogen-bond donors (Lipinski definition) is 5. The number of aromatic amines is 1. The zero-order valence-corrected chi connectivity index (χ0v) is 26.4. The zero-order valence-electron chi connectivity index (χ0n) is 26.4. The second kappa shape index (κ2) is 12.6. The lowest BCUT2D eigenvalue weighted by Crippen LogP contribution is -2.59. The van der Waals surface area contributed by atoms with Gasteiger partial charge < -0.3 is 30.8 Å². The van der Waals surface area contributed by atoms with E-state index >= 15 is 0 Å². The molecule has 5 N–H and O–H groups in total. The molecular weight excluding hydrogens is 572 g/mol. The predicted molar refractivity (Wildman–Crippen MR) is 170 cm³/mol. The van der Waals surface area contributed by atoms with Crippen molar-refractivity contribution in [3.63, 3.8) is 0 Å². The molecule has 0 radical (unpaired) electrons. The summed E-state index contributed by atoms with van der Waals surface area (Å²) in [4.78, 5) is 54.4. The SMILES string of the molecule is CC1(C)C2CCC1(C)[C@@H](OC(=O)N[C@](C)(Cc1c[nH]c3ccccc13)C(=O)NC[C@H](NC(=O)CCC(=O)O)c1ccccc1)C2. The monoisotopic (exact) mass is 616 g/mol. The molecule has 2 unspecified atom stereocenters. The number of hydrogen-bond acceptors (Lipinski definition) is 5. The van der Waals surface area contributed by atoms with Crippen molar-refractivity contribution < 1.29 is 29.0 Å². The van der Waals surface area contributed by atoms with E-state index in [2.05, 4.69) is 41.7 Å². The third-order valence-electron chi connectivity index (χ3n) is 10.6. The van der Waals surface area contributed by atoms with Crippen LogP contribution in [0.1, 0.15) is 77.0 Å². The summed E-state index contributed by atoms with van der Waals surface area (Å²) in [5.74, 6) is -1.46. The zero-order chi connectivity index (χ0) is 32.4. The van der Waals surface area contributed by atoms with E-state index < -0.39 is 35.5 Å². The molecule has 1 heterocycles. The summed E-state index contributed by atoms with van der Waals surface area (Å²) in [5, 5.41) is 18.7. The van der Waals surface area contributed by atoms with E-state index in [1.54, 1.807) is 6.92 Å². The number of rotatable bonds is 12. The van der Waals surface area contributed by atoms with E-state index in [1.807, 2.05) is 60.8 Å². The number of H-pyrrole nitrogens is 1. The molecule has 10 nitrogen and oxygen atoms in total. The maximum absolute atomic E-state index is 14.0. The minimum absolute atomic E-state index is 0.0262. The number of fused-ring (bicyclic) bond motifs is 3. The third-order valence-corrected chi connectivity index (χ3v) is 10.6. The van der Waals surface area contributed by atoms with Crippen LogP contribution in [0.25, 0.3) is 10.9 Å². The molecule has 0 aliphatic heterocycles. The summed E-state index contributed by atoms with van der Waals surface area (Å²) in [7, 11) is 0. The normalized spacial score (nSPS) is 23.6. The molecule has 2 aromatic carbocycles. The Balaban J connectivity index is 1.35. The summed E-state index contributed by atoms with van der Waals surface area (Å²) in [6.45, 7) is 8.41. The van der Waals surface area contributed by atoms with Gasteiger partial charge in [-0.3, -0.25) is 14.4 Å². The van der Waals surface area contributed by atoms with Crippen LogP contribution in [0.15, 0.2) is 60.8 Å². The first kappa shape index (κ1) is 32.1. The van der Waals surface area contributed by atoms with Crippen molar-refractivity contribution in [2.45, 2.75) is 83.9 Å². The van der Waals surface area contributed by atoms with Crippen LogP contribution in [0.5, 0.6) is 0 Å². The third kappa shape index (κ3) is 6.55. The molecular formula is C35H44N4O6. The van der Waals surface area contributed by atoms with Crippen molar-refractivity contribution in [1.29, 1.82) is 0 Å². The predicted octanol–water partition coefficient (Wildman–Crippen LogP) is 5.25. The topological polar surface area (TPSA) is 150 Å². The maximum Gasteiger partial charge on any atom is 0.408 e. The molecule has 3 amide bonds. The van der Waals surface area contributed by atoms with Gasteiger partial charge in [-0.2, -0.15) is 0 Å². The molecule has 240 valence electrons. The van der Waals surface area contributed by atoms with Crippen molar-refractivity contribution in [1.82, 2.24) is 20.9 Å². The van der Waals surface area contributed by atoms with Gasteiger partial charge in [-0.05, 0) is 54.7 Å². The number of para-hydroxylation sites is 1. The van der Waals surface area contributed by atoms with E-state index in [-0.39, 0.29) is 42.7 Å². The summed E-state index contributed by atoms with van der Waals surface area (Å²) < 4.78 is 6.09. The minimum Gasteiger partial charge on any atom is -0.481 e. The Bertz CT molecular complexity index is 1570. The Hall–Kier alpha value is -4.34. The molecule has 2 saturated carbocycles. The van der Waals surface area contributed by atoms with Gasteiger partial charge in [0.15, 0.2) is 0 Å². The number of carbonyl (C=O) groups excluding carboxylic acids is 3. The molecule has 2 aliphatic carbocycles. The van der Waals surface area contributed by atoms with Gasteiger partial charge in [0.2, 0.25) is 11.8 Å². The number of aliphatic carboxylic acids is 1. The number of aromatic nitrogens is 1. The highest BCUT2D eigenvalue weighted by molar-refractivity contribution is 5.91. The Kier molecular flexibility index (Phi) is 8.96. The summed E-state index contributed by atoms with van der Waals surface area (Å²) in [6.07, 6.45) is 3.60. The van der Waals surface area contributed by atoms with Gasteiger partial charge in [-0.15, -0.1) is 0 Å². The molecule has 2 fully saturated rings. The lowest BCUT2D eigenvalue weighted by atomic mass is 9.70.